The molecule has 0 amide bonds. The summed E-state index contributed by atoms with van der Waals surface area (Å²) in [6.07, 6.45) is 11.1. The van der Waals surface area contributed by atoms with E-state index in [1.165, 1.54) is 0 Å². The number of aliphatic carboxylic acids is 1. The second-order valence-corrected chi connectivity index (χ2v) is 7.94. The largest absolute Gasteiger partial charge is 0.481 e. The molecule has 1 aliphatic carbocycles. The minimum Gasteiger partial charge on any atom is -0.481 e. The summed E-state index contributed by atoms with van der Waals surface area (Å²) in [6, 6.07) is 0. The molecule has 5 nitrogen and oxygen atoms in total. The number of carbonyl (C=O) groups is 2. The second-order valence-electron chi connectivity index (χ2n) is 7.94. The fourth-order valence-corrected chi connectivity index (χ4v) is 3.72. The van der Waals surface area contributed by atoms with E-state index in [0.717, 1.165) is 44.9 Å². The van der Waals surface area contributed by atoms with Crippen LogP contribution in [0.1, 0.15) is 84.5 Å². The van der Waals surface area contributed by atoms with Crippen molar-refractivity contribution in [1.82, 2.24) is 0 Å². The number of carbonyl (C=O) groups excluding carboxylic acids is 1. The van der Waals surface area contributed by atoms with E-state index in [0.29, 0.717) is 12.8 Å². The molecule has 1 saturated carbocycles. The molecule has 5 heteroatoms. The third-order valence-corrected chi connectivity index (χ3v) is 5.35. The lowest BCUT2D eigenvalue weighted by Crippen LogP contribution is -2.23. The van der Waals surface area contributed by atoms with E-state index >= 15 is 0 Å². The molecule has 0 bridgehead atoms. The average Bonchev–Trinajstić information content (AvgIpc) is 2.82. The first kappa shape index (κ1) is 22.8. The van der Waals surface area contributed by atoms with Crippen molar-refractivity contribution in [1.29, 1.82) is 0 Å². The molecule has 1 rings (SSSR count). The van der Waals surface area contributed by atoms with Gasteiger partial charge in [0.2, 0.25) is 0 Å². The number of unbranched alkanes of at least 4 members (excludes halogenated alkanes) is 5. The number of hydrogen-bond donors (Lipinski definition) is 3. The molecule has 1 aliphatic rings. The van der Waals surface area contributed by atoms with Crippen molar-refractivity contribution in [2.45, 2.75) is 96.2 Å². The Bertz CT molecular complexity index is 469. The Hall–Kier alpha value is -1.20. The van der Waals surface area contributed by atoms with Crippen LogP contribution in [-0.2, 0) is 9.59 Å². The molecule has 0 aromatic rings. The van der Waals surface area contributed by atoms with Gasteiger partial charge in [-0.3, -0.25) is 9.59 Å². The number of ketones is 1. The van der Waals surface area contributed by atoms with Gasteiger partial charge >= 0.3 is 5.97 Å². The van der Waals surface area contributed by atoms with Gasteiger partial charge in [-0.15, -0.1) is 0 Å². The zero-order valence-electron chi connectivity index (χ0n) is 16.3. The first-order valence-electron chi connectivity index (χ1n) is 10.1. The smallest absolute Gasteiger partial charge is 0.303 e. The second kappa shape index (κ2) is 11.5. The Kier molecular flexibility index (Phi) is 10.1. The van der Waals surface area contributed by atoms with Gasteiger partial charge in [-0.2, -0.15) is 0 Å². The zero-order valence-corrected chi connectivity index (χ0v) is 16.3. The molecule has 0 aromatic carbocycles. The van der Waals surface area contributed by atoms with Crippen LogP contribution in [0.3, 0.4) is 0 Å². The van der Waals surface area contributed by atoms with Crippen LogP contribution in [0, 0.1) is 11.8 Å². The monoisotopic (exact) mass is 368 g/mol. The zero-order chi connectivity index (χ0) is 19.6. The van der Waals surface area contributed by atoms with E-state index in [1.807, 2.05) is 6.08 Å². The first-order valence-corrected chi connectivity index (χ1v) is 10.1. The molecular weight excluding hydrogens is 332 g/mol. The van der Waals surface area contributed by atoms with Gasteiger partial charge in [0.15, 0.2) is 0 Å². The highest BCUT2D eigenvalue weighted by Crippen LogP contribution is 2.35. The fraction of sp³-hybridized carbons (Fsp3) is 0.810. The van der Waals surface area contributed by atoms with Gasteiger partial charge in [-0.05, 0) is 26.2 Å². The lowest BCUT2D eigenvalue weighted by atomic mass is 9.87. The Morgan fingerprint density at radius 3 is 2.54 bits per heavy atom. The number of carboxylic acids is 1. The predicted molar refractivity (Wildman–Crippen MR) is 102 cm³/mol. The number of aliphatic hydroxyl groups is 2. The Balaban J connectivity index is 2.49. The maximum absolute atomic E-state index is 12.2. The molecule has 3 N–H and O–H groups in total. The van der Waals surface area contributed by atoms with Gasteiger partial charge in [0, 0.05) is 24.7 Å². The van der Waals surface area contributed by atoms with Gasteiger partial charge in [0.25, 0.3) is 0 Å². The molecule has 0 radical (unpaired) electrons. The number of carboxylic acid groups (broad SMARTS) is 1. The highest BCUT2D eigenvalue weighted by atomic mass is 16.4. The standard InChI is InChI=1S/C21H36O5/c1-3-4-9-13-21(2,26)14-12-17-16(18(22)15-19(17)23)10-7-5-6-8-11-20(24)25/h12,14,16-17,19,23,26H,3-11,13,15H2,1-2H3,(H,24,25)/b14-12+/t16-,17+,19-,21-/m0/s1. The highest BCUT2D eigenvalue weighted by molar-refractivity contribution is 5.84. The van der Waals surface area contributed by atoms with Crippen molar-refractivity contribution in [2.75, 3.05) is 0 Å². The van der Waals surface area contributed by atoms with Crippen LogP contribution in [0.5, 0.6) is 0 Å². The maximum Gasteiger partial charge on any atom is 0.303 e. The van der Waals surface area contributed by atoms with Crippen molar-refractivity contribution in [2.24, 2.45) is 11.8 Å². The third-order valence-electron chi connectivity index (χ3n) is 5.35. The lowest BCUT2D eigenvalue weighted by Gasteiger charge is -2.22. The molecule has 0 saturated heterocycles. The van der Waals surface area contributed by atoms with E-state index in [2.05, 4.69) is 6.92 Å². The Labute approximate surface area is 157 Å². The van der Waals surface area contributed by atoms with Crippen LogP contribution in [0.15, 0.2) is 12.2 Å². The Morgan fingerprint density at radius 1 is 1.19 bits per heavy atom. The summed E-state index contributed by atoms with van der Waals surface area (Å²) in [6.45, 7) is 3.90. The molecular formula is C21H36O5. The van der Waals surface area contributed by atoms with Crippen molar-refractivity contribution in [3.05, 3.63) is 12.2 Å². The summed E-state index contributed by atoms with van der Waals surface area (Å²) in [4.78, 5) is 22.7. The van der Waals surface area contributed by atoms with Crippen molar-refractivity contribution >= 4 is 11.8 Å². The van der Waals surface area contributed by atoms with Crippen LogP contribution in [0.2, 0.25) is 0 Å². The number of Topliss-reactive ketones (excluding diaryl/α,β-unsaturated/α-hetero) is 1. The molecule has 0 spiro atoms. The van der Waals surface area contributed by atoms with E-state index in [9.17, 15) is 19.8 Å². The van der Waals surface area contributed by atoms with Crippen LogP contribution in [0.25, 0.3) is 0 Å². The third kappa shape index (κ3) is 8.45. The fourth-order valence-electron chi connectivity index (χ4n) is 3.72. The minimum absolute atomic E-state index is 0.100. The van der Waals surface area contributed by atoms with Crippen LogP contribution >= 0.6 is 0 Å². The summed E-state index contributed by atoms with van der Waals surface area (Å²) in [5.41, 5.74) is -0.901. The van der Waals surface area contributed by atoms with Crippen molar-refractivity contribution < 1.29 is 24.9 Å². The molecule has 150 valence electrons. The van der Waals surface area contributed by atoms with E-state index < -0.39 is 17.7 Å². The Morgan fingerprint density at radius 2 is 1.88 bits per heavy atom. The van der Waals surface area contributed by atoms with Gasteiger partial charge in [0.1, 0.15) is 5.78 Å². The van der Waals surface area contributed by atoms with E-state index in [1.54, 1.807) is 13.0 Å². The molecule has 0 aromatic heterocycles. The van der Waals surface area contributed by atoms with Gasteiger partial charge in [-0.1, -0.05) is 57.6 Å². The van der Waals surface area contributed by atoms with Gasteiger partial charge in [0.05, 0.1) is 11.7 Å². The molecule has 0 aliphatic heterocycles. The highest BCUT2D eigenvalue weighted by Gasteiger charge is 2.39. The number of hydrogen-bond acceptors (Lipinski definition) is 4. The first-order chi connectivity index (χ1) is 12.3. The SMILES string of the molecule is CCCCC[C@](C)(O)/C=C/[C@@H]1[C@H](CCCCCCC(=O)O)C(=O)C[C@@H]1O. The van der Waals surface area contributed by atoms with Crippen LogP contribution in [0.4, 0.5) is 0 Å². The van der Waals surface area contributed by atoms with Crippen LogP contribution in [-0.4, -0.2) is 38.8 Å². The molecule has 26 heavy (non-hydrogen) atoms. The summed E-state index contributed by atoms with van der Waals surface area (Å²) >= 11 is 0. The number of aliphatic hydroxyl groups excluding tert-OH is 1. The van der Waals surface area contributed by atoms with Crippen molar-refractivity contribution in [3.8, 4) is 0 Å². The molecule has 0 heterocycles. The predicted octanol–water partition coefficient (Wildman–Crippen LogP) is 3.87. The number of rotatable bonds is 13. The van der Waals surface area contributed by atoms with Gasteiger partial charge in [-0.25, -0.2) is 0 Å². The normalized spacial score (nSPS) is 25.7. The van der Waals surface area contributed by atoms with E-state index in [-0.39, 0.29) is 30.5 Å². The molecule has 4 atom stereocenters. The molecule has 0 unspecified atom stereocenters. The van der Waals surface area contributed by atoms with Crippen molar-refractivity contribution in [3.63, 3.8) is 0 Å². The lowest BCUT2D eigenvalue weighted by molar-refractivity contribution is -0.137. The topological polar surface area (TPSA) is 94.8 Å². The quantitative estimate of drug-likeness (QED) is 0.339. The summed E-state index contributed by atoms with van der Waals surface area (Å²) in [5, 5.41) is 29.3. The maximum atomic E-state index is 12.2. The van der Waals surface area contributed by atoms with E-state index in [4.69, 9.17) is 5.11 Å². The molecule has 1 fully saturated rings. The summed E-state index contributed by atoms with van der Waals surface area (Å²) in [5.74, 6) is -1.08. The average molecular weight is 369 g/mol. The summed E-state index contributed by atoms with van der Waals surface area (Å²) < 4.78 is 0. The summed E-state index contributed by atoms with van der Waals surface area (Å²) in [7, 11) is 0. The van der Waals surface area contributed by atoms with Crippen LogP contribution < -0.4 is 0 Å². The van der Waals surface area contributed by atoms with Gasteiger partial charge < -0.3 is 15.3 Å². The minimum atomic E-state index is -0.901.